The van der Waals surface area contributed by atoms with E-state index in [1.54, 1.807) is 24.3 Å². The zero-order valence-corrected chi connectivity index (χ0v) is 12.1. The van der Waals surface area contributed by atoms with E-state index in [-0.39, 0.29) is 10.3 Å². The molecule has 0 saturated carbocycles. The van der Waals surface area contributed by atoms with Crippen LogP contribution in [-0.4, -0.2) is 31.4 Å². The molecule has 0 saturated heterocycles. The van der Waals surface area contributed by atoms with Gasteiger partial charge in [0.1, 0.15) is 11.2 Å². The van der Waals surface area contributed by atoms with E-state index >= 15 is 0 Å². The lowest BCUT2D eigenvalue weighted by atomic mass is 9.97. The van der Waals surface area contributed by atoms with Crippen LogP contribution in [0.15, 0.2) is 34.2 Å². The molecular formula is C12H16N2O2S2. The summed E-state index contributed by atoms with van der Waals surface area (Å²) in [6, 6.07) is 6.77. The first-order valence-corrected chi connectivity index (χ1v) is 7.70. The van der Waals surface area contributed by atoms with Crippen molar-refractivity contribution in [2.24, 2.45) is 10.4 Å². The van der Waals surface area contributed by atoms with Crippen molar-refractivity contribution in [1.29, 1.82) is 0 Å². The molecule has 0 atom stereocenters. The quantitative estimate of drug-likeness (QED) is 0.866. The number of rotatable bonds is 3. The molecule has 6 heteroatoms. The Labute approximate surface area is 113 Å². The molecule has 2 rings (SSSR count). The standard InChI is InChI=1S/C12H16N2O2S2/c1-12(2,8-17)7-14-9-13-10-5-3-4-6-11(10)18(14,15)16/h3-6,9,17H,7-8H2,1-2H3. The highest BCUT2D eigenvalue weighted by molar-refractivity contribution is 7.89. The summed E-state index contributed by atoms with van der Waals surface area (Å²) in [5.74, 6) is 0.606. The van der Waals surface area contributed by atoms with Crippen LogP contribution in [-0.2, 0) is 10.0 Å². The molecule has 1 aromatic rings. The predicted octanol–water partition coefficient (Wildman–Crippen LogP) is 2.31. The van der Waals surface area contributed by atoms with Gasteiger partial charge in [-0.05, 0) is 23.3 Å². The molecule has 0 aromatic heterocycles. The van der Waals surface area contributed by atoms with Crippen molar-refractivity contribution in [1.82, 2.24) is 4.31 Å². The number of hydrogen-bond donors (Lipinski definition) is 1. The van der Waals surface area contributed by atoms with E-state index in [2.05, 4.69) is 17.6 Å². The molecule has 0 bridgehead atoms. The first-order chi connectivity index (χ1) is 8.37. The summed E-state index contributed by atoms with van der Waals surface area (Å²) in [5, 5.41) is 0. The Morgan fingerprint density at radius 3 is 2.67 bits per heavy atom. The van der Waals surface area contributed by atoms with Crippen molar-refractivity contribution in [3.05, 3.63) is 24.3 Å². The lowest BCUT2D eigenvalue weighted by molar-refractivity contribution is 0.353. The number of thiol groups is 1. The molecule has 1 aliphatic heterocycles. The summed E-state index contributed by atoms with van der Waals surface area (Å²) in [6.07, 6.45) is 1.39. The molecule has 1 aliphatic rings. The summed E-state index contributed by atoms with van der Waals surface area (Å²) < 4.78 is 26.1. The summed E-state index contributed by atoms with van der Waals surface area (Å²) in [7, 11) is -3.48. The number of sulfonamides is 1. The molecule has 0 radical (unpaired) electrons. The van der Waals surface area contributed by atoms with Gasteiger partial charge in [-0.1, -0.05) is 26.0 Å². The molecule has 4 nitrogen and oxygen atoms in total. The van der Waals surface area contributed by atoms with Crippen molar-refractivity contribution >= 4 is 34.7 Å². The maximum atomic E-state index is 12.4. The second kappa shape index (κ2) is 4.59. The fourth-order valence-electron chi connectivity index (χ4n) is 1.69. The Hall–Kier alpha value is -1.01. The Morgan fingerprint density at radius 2 is 2.00 bits per heavy atom. The summed E-state index contributed by atoms with van der Waals surface area (Å²) in [4.78, 5) is 4.45. The molecule has 0 spiro atoms. The topological polar surface area (TPSA) is 49.7 Å². The van der Waals surface area contributed by atoms with Crippen LogP contribution < -0.4 is 0 Å². The molecule has 1 aromatic carbocycles. The summed E-state index contributed by atoms with van der Waals surface area (Å²) in [6.45, 7) is 4.32. The number of aliphatic imine (C=N–C) groups is 1. The van der Waals surface area contributed by atoms with Crippen molar-refractivity contribution in [2.75, 3.05) is 12.3 Å². The van der Waals surface area contributed by atoms with Gasteiger partial charge in [0.05, 0.1) is 5.69 Å². The van der Waals surface area contributed by atoms with Gasteiger partial charge in [0, 0.05) is 6.54 Å². The van der Waals surface area contributed by atoms with Gasteiger partial charge >= 0.3 is 0 Å². The van der Waals surface area contributed by atoms with Crippen molar-refractivity contribution in [2.45, 2.75) is 18.7 Å². The van der Waals surface area contributed by atoms with Gasteiger partial charge in [0.15, 0.2) is 0 Å². The van der Waals surface area contributed by atoms with E-state index in [0.29, 0.717) is 18.0 Å². The zero-order valence-electron chi connectivity index (χ0n) is 10.4. The molecule has 0 amide bonds. The van der Waals surface area contributed by atoms with E-state index < -0.39 is 10.0 Å². The van der Waals surface area contributed by atoms with E-state index in [9.17, 15) is 8.42 Å². The minimum Gasteiger partial charge on any atom is -0.256 e. The zero-order chi connectivity index (χ0) is 13.4. The number of hydrogen-bond acceptors (Lipinski definition) is 4. The molecule has 0 fully saturated rings. The van der Waals surface area contributed by atoms with E-state index in [1.165, 1.54) is 10.6 Å². The summed E-state index contributed by atoms with van der Waals surface area (Å²) in [5.41, 5.74) is 0.298. The Morgan fingerprint density at radius 1 is 1.33 bits per heavy atom. The Balaban J connectivity index is 2.39. The Bertz CT molecular complexity index is 579. The van der Waals surface area contributed by atoms with Crippen molar-refractivity contribution in [3.63, 3.8) is 0 Å². The van der Waals surface area contributed by atoms with Crippen LogP contribution in [0.2, 0.25) is 0 Å². The number of fused-ring (bicyclic) bond motifs is 1. The maximum absolute atomic E-state index is 12.4. The van der Waals surface area contributed by atoms with Crippen LogP contribution in [0.25, 0.3) is 0 Å². The van der Waals surface area contributed by atoms with Gasteiger partial charge in [-0.2, -0.15) is 12.6 Å². The number of para-hydroxylation sites is 1. The molecule has 0 unspecified atom stereocenters. The van der Waals surface area contributed by atoms with Crippen LogP contribution in [0, 0.1) is 5.41 Å². The molecule has 0 aliphatic carbocycles. The van der Waals surface area contributed by atoms with E-state index in [1.807, 2.05) is 13.8 Å². The van der Waals surface area contributed by atoms with Crippen LogP contribution in [0.1, 0.15) is 13.8 Å². The van der Waals surface area contributed by atoms with E-state index in [4.69, 9.17) is 0 Å². The molecule has 98 valence electrons. The van der Waals surface area contributed by atoms with Gasteiger partial charge in [-0.15, -0.1) is 0 Å². The van der Waals surface area contributed by atoms with Crippen LogP contribution in [0.3, 0.4) is 0 Å². The maximum Gasteiger partial charge on any atom is 0.267 e. The molecule has 18 heavy (non-hydrogen) atoms. The lowest BCUT2D eigenvalue weighted by Gasteiger charge is -2.31. The minimum absolute atomic E-state index is 0.200. The van der Waals surface area contributed by atoms with Gasteiger partial charge in [0.25, 0.3) is 10.0 Å². The number of nitrogens with zero attached hydrogens (tertiary/aromatic N) is 2. The van der Waals surface area contributed by atoms with Crippen molar-refractivity contribution in [3.8, 4) is 0 Å². The third-order valence-electron chi connectivity index (χ3n) is 2.79. The average molecular weight is 284 g/mol. The third kappa shape index (κ3) is 2.40. The number of benzene rings is 1. The SMILES string of the molecule is CC(C)(CS)CN1C=Nc2ccccc2S1(=O)=O. The molecule has 0 N–H and O–H groups in total. The highest BCUT2D eigenvalue weighted by Crippen LogP contribution is 2.31. The highest BCUT2D eigenvalue weighted by Gasteiger charge is 2.32. The first-order valence-electron chi connectivity index (χ1n) is 5.63. The normalized spacial score (nSPS) is 17.6. The second-order valence-corrected chi connectivity index (χ2v) is 7.26. The average Bonchev–Trinajstić information content (AvgIpc) is 2.33. The van der Waals surface area contributed by atoms with Gasteiger partial charge in [-0.25, -0.2) is 13.4 Å². The van der Waals surface area contributed by atoms with Gasteiger partial charge < -0.3 is 0 Å². The fourth-order valence-corrected chi connectivity index (χ4v) is 3.37. The molecular weight excluding hydrogens is 268 g/mol. The first kappa shape index (κ1) is 13.4. The largest absolute Gasteiger partial charge is 0.267 e. The molecule has 1 heterocycles. The van der Waals surface area contributed by atoms with Gasteiger partial charge in [-0.3, -0.25) is 4.31 Å². The second-order valence-electron chi connectivity index (χ2n) is 5.08. The van der Waals surface area contributed by atoms with Crippen LogP contribution >= 0.6 is 12.6 Å². The Kier molecular flexibility index (Phi) is 3.42. The monoisotopic (exact) mass is 284 g/mol. The summed E-state index contributed by atoms with van der Waals surface area (Å²) >= 11 is 4.25. The fraction of sp³-hybridized carbons (Fsp3) is 0.417. The van der Waals surface area contributed by atoms with Crippen LogP contribution in [0.4, 0.5) is 5.69 Å². The third-order valence-corrected chi connectivity index (χ3v) is 5.39. The lowest BCUT2D eigenvalue weighted by Crippen LogP contribution is -2.40. The van der Waals surface area contributed by atoms with Crippen LogP contribution in [0.5, 0.6) is 0 Å². The highest BCUT2D eigenvalue weighted by atomic mass is 32.2. The smallest absolute Gasteiger partial charge is 0.256 e. The van der Waals surface area contributed by atoms with Gasteiger partial charge in [0.2, 0.25) is 0 Å². The predicted molar refractivity (Wildman–Crippen MR) is 76.1 cm³/mol. The minimum atomic E-state index is -3.48. The van der Waals surface area contributed by atoms with Crippen molar-refractivity contribution < 1.29 is 8.42 Å². The van der Waals surface area contributed by atoms with E-state index in [0.717, 1.165) is 0 Å².